The molecule has 14 heavy (non-hydrogen) atoms. The van der Waals surface area contributed by atoms with Gasteiger partial charge in [-0.2, -0.15) is 0 Å². The molecule has 0 heterocycles. The van der Waals surface area contributed by atoms with Gasteiger partial charge >= 0.3 is 0 Å². The average molecular weight is 187 g/mol. The number of hydrogen-bond donors (Lipinski definition) is 1. The molecule has 0 unspecified atom stereocenters. The first-order valence-electron chi connectivity index (χ1n) is 5.23. The Labute approximate surface area is 85.6 Å². The molecule has 0 aliphatic heterocycles. The van der Waals surface area contributed by atoms with Gasteiger partial charge in [-0.1, -0.05) is 42.5 Å². The third-order valence-corrected chi connectivity index (χ3v) is 3.20. The number of nitrogens with two attached hydrogens (primary N) is 1. The highest BCUT2D eigenvalue weighted by Gasteiger charge is 2.45. The Morgan fingerprint density at radius 2 is 1.93 bits per heavy atom. The highest BCUT2D eigenvalue weighted by Crippen LogP contribution is 2.53. The fourth-order valence-electron chi connectivity index (χ4n) is 2.14. The molecule has 0 bridgehead atoms. The Bertz CT molecular complexity index is 322. The van der Waals surface area contributed by atoms with Crippen LogP contribution in [0.1, 0.15) is 24.8 Å². The SMILES string of the molecule is C=C(CCN)C1(c2ccccc2)CC1. The van der Waals surface area contributed by atoms with Crippen molar-refractivity contribution in [3.63, 3.8) is 0 Å². The standard InChI is InChI=1S/C13H17N/c1-11(7-10-14)13(8-9-13)12-5-3-2-4-6-12/h2-6H,1,7-10,14H2. The minimum Gasteiger partial charge on any atom is -0.330 e. The minimum atomic E-state index is 0.278. The lowest BCUT2D eigenvalue weighted by Crippen LogP contribution is -2.13. The van der Waals surface area contributed by atoms with Crippen LogP contribution in [0.2, 0.25) is 0 Å². The molecule has 2 rings (SSSR count). The second kappa shape index (κ2) is 3.58. The monoisotopic (exact) mass is 187 g/mol. The summed E-state index contributed by atoms with van der Waals surface area (Å²) in [6.07, 6.45) is 3.45. The van der Waals surface area contributed by atoms with E-state index in [0.29, 0.717) is 6.54 Å². The van der Waals surface area contributed by atoms with Crippen molar-refractivity contribution in [3.8, 4) is 0 Å². The highest BCUT2D eigenvalue weighted by molar-refractivity contribution is 5.41. The van der Waals surface area contributed by atoms with Crippen LogP contribution >= 0.6 is 0 Å². The second-order valence-corrected chi connectivity index (χ2v) is 4.09. The Morgan fingerprint density at radius 1 is 1.29 bits per heavy atom. The van der Waals surface area contributed by atoms with E-state index < -0.39 is 0 Å². The molecule has 0 radical (unpaired) electrons. The van der Waals surface area contributed by atoms with Crippen molar-refractivity contribution >= 4 is 0 Å². The molecule has 1 aromatic carbocycles. The third kappa shape index (κ3) is 1.48. The zero-order valence-electron chi connectivity index (χ0n) is 8.50. The maximum absolute atomic E-state index is 5.57. The Hall–Kier alpha value is -1.08. The zero-order valence-corrected chi connectivity index (χ0v) is 8.50. The normalized spacial score (nSPS) is 17.8. The van der Waals surface area contributed by atoms with Crippen molar-refractivity contribution in [1.29, 1.82) is 0 Å². The van der Waals surface area contributed by atoms with Gasteiger partial charge in [0.1, 0.15) is 0 Å². The van der Waals surface area contributed by atoms with Gasteiger partial charge in [0.2, 0.25) is 0 Å². The molecule has 2 N–H and O–H groups in total. The first-order valence-corrected chi connectivity index (χ1v) is 5.23. The van der Waals surface area contributed by atoms with Crippen LogP contribution in [0.5, 0.6) is 0 Å². The van der Waals surface area contributed by atoms with Crippen molar-refractivity contribution in [2.75, 3.05) is 6.54 Å². The molecular formula is C13H17N. The second-order valence-electron chi connectivity index (χ2n) is 4.09. The van der Waals surface area contributed by atoms with E-state index in [1.54, 1.807) is 0 Å². The number of benzene rings is 1. The molecule has 74 valence electrons. The van der Waals surface area contributed by atoms with Gasteiger partial charge in [0.25, 0.3) is 0 Å². The highest BCUT2D eigenvalue weighted by atomic mass is 14.6. The van der Waals surface area contributed by atoms with E-state index in [1.165, 1.54) is 24.0 Å². The Balaban J connectivity index is 2.21. The van der Waals surface area contributed by atoms with Gasteiger partial charge in [0, 0.05) is 5.41 Å². The van der Waals surface area contributed by atoms with Crippen LogP contribution in [0.15, 0.2) is 42.5 Å². The van der Waals surface area contributed by atoms with Crippen LogP contribution in [-0.4, -0.2) is 6.54 Å². The minimum absolute atomic E-state index is 0.278. The summed E-state index contributed by atoms with van der Waals surface area (Å²) in [4.78, 5) is 0. The van der Waals surface area contributed by atoms with Gasteiger partial charge in [0.05, 0.1) is 0 Å². The molecule has 1 nitrogen and oxygen atoms in total. The predicted molar refractivity (Wildman–Crippen MR) is 60.2 cm³/mol. The Kier molecular flexibility index (Phi) is 2.42. The summed E-state index contributed by atoms with van der Waals surface area (Å²) in [5, 5.41) is 0. The van der Waals surface area contributed by atoms with Crippen molar-refractivity contribution in [1.82, 2.24) is 0 Å². The molecule has 1 aliphatic carbocycles. The molecule has 0 atom stereocenters. The van der Waals surface area contributed by atoms with Gasteiger partial charge < -0.3 is 5.73 Å². The maximum Gasteiger partial charge on any atom is 0.0160 e. The quantitative estimate of drug-likeness (QED) is 0.720. The summed E-state index contributed by atoms with van der Waals surface area (Å²) in [5.74, 6) is 0. The first-order chi connectivity index (χ1) is 6.79. The van der Waals surface area contributed by atoms with Gasteiger partial charge in [-0.25, -0.2) is 0 Å². The molecule has 1 heteroatoms. The van der Waals surface area contributed by atoms with Crippen LogP contribution in [0, 0.1) is 0 Å². The van der Waals surface area contributed by atoms with Gasteiger partial charge in [0.15, 0.2) is 0 Å². The molecule has 0 saturated heterocycles. The van der Waals surface area contributed by atoms with Crippen molar-refractivity contribution in [3.05, 3.63) is 48.0 Å². The van der Waals surface area contributed by atoms with E-state index in [0.717, 1.165) is 6.42 Å². The first kappa shape index (κ1) is 9.47. The fraction of sp³-hybridized carbons (Fsp3) is 0.385. The fourth-order valence-corrected chi connectivity index (χ4v) is 2.14. The molecule has 1 aromatic rings. The smallest absolute Gasteiger partial charge is 0.0160 e. The number of rotatable bonds is 4. The summed E-state index contributed by atoms with van der Waals surface area (Å²) in [5.41, 5.74) is 8.58. The Morgan fingerprint density at radius 3 is 2.43 bits per heavy atom. The van der Waals surface area contributed by atoms with Gasteiger partial charge in [-0.3, -0.25) is 0 Å². The van der Waals surface area contributed by atoms with E-state index in [4.69, 9.17) is 5.73 Å². The molecular weight excluding hydrogens is 170 g/mol. The van der Waals surface area contributed by atoms with E-state index in [1.807, 2.05) is 0 Å². The van der Waals surface area contributed by atoms with Crippen LogP contribution in [0.25, 0.3) is 0 Å². The van der Waals surface area contributed by atoms with Crippen molar-refractivity contribution < 1.29 is 0 Å². The van der Waals surface area contributed by atoms with Crippen molar-refractivity contribution in [2.45, 2.75) is 24.7 Å². The molecule has 1 aliphatic rings. The lowest BCUT2D eigenvalue weighted by molar-refractivity contribution is 0.755. The van der Waals surface area contributed by atoms with Crippen LogP contribution in [-0.2, 0) is 5.41 Å². The van der Waals surface area contributed by atoms with Crippen LogP contribution in [0.3, 0.4) is 0 Å². The molecule has 0 amide bonds. The molecule has 1 saturated carbocycles. The largest absolute Gasteiger partial charge is 0.330 e. The van der Waals surface area contributed by atoms with Crippen LogP contribution < -0.4 is 5.73 Å². The summed E-state index contributed by atoms with van der Waals surface area (Å²) < 4.78 is 0. The lowest BCUT2D eigenvalue weighted by Gasteiger charge is -2.18. The van der Waals surface area contributed by atoms with E-state index >= 15 is 0 Å². The maximum atomic E-state index is 5.57. The van der Waals surface area contributed by atoms with E-state index in [-0.39, 0.29) is 5.41 Å². The van der Waals surface area contributed by atoms with Gasteiger partial charge in [-0.05, 0) is 31.4 Å². The third-order valence-electron chi connectivity index (χ3n) is 3.20. The topological polar surface area (TPSA) is 26.0 Å². The van der Waals surface area contributed by atoms with E-state index in [2.05, 4.69) is 36.9 Å². The molecule has 0 spiro atoms. The van der Waals surface area contributed by atoms with Crippen LogP contribution in [0.4, 0.5) is 0 Å². The summed E-state index contributed by atoms with van der Waals surface area (Å²) in [6.45, 7) is 4.89. The lowest BCUT2D eigenvalue weighted by atomic mass is 9.87. The molecule has 0 aromatic heterocycles. The molecule has 1 fully saturated rings. The summed E-state index contributed by atoms with van der Waals surface area (Å²) in [7, 11) is 0. The number of hydrogen-bond acceptors (Lipinski definition) is 1. The summed E-state index contributed by atoms with van der Waals surface area (Å²) in [6, 6.07) is 10.7. The van der Waals surface area contributed by atoms with Gasteiger partial charge in [-0.15, -0.1) is 0 Å². The van der Waals surface area contributed by atoms with E-state index in [9.17, 15) is 0 Å². The average Bonchev–Trinajstić information content (AvgIpc) is 3.00. The summed E-state index contributed by atoms with van der Waals surface area (Å²) >= 11 is 0. The zero-order chi connectivity index (χ0) is 10.0. The van der Waals surface area contributed by atoms with Crippen molar-refractivity contribution in [2.24, 2.45) is 5.73 Å². The predicted octanol–water partition coefficient (Wildman–Crippen LogP) is 2.62.